The first kappa shape index (κ1) is 17.5. The topological polar surface area (TPSA) is 116 Å². The van der Waals surface area contributed by atoms with E-state index in [9.17, 15) is 18.0 Å². The summed E-state index contributed by atoms with van der Waals surface area (Å²) in [6, 6.07) is 4.10. The Morgan fingerprint density at radius 2 is 1.92 bits per heavy atom. The summed E-state index contributed by atoms with van der Waals surface area (Å²) in [5, 5.41) is 2.79. The number of nitrogens with zero attached hydrogens (tertiary/aromatic N) is 2. The molecule has 2 heterocycles. The summed E-state index contributed by atoms with van der Waals surface area (Å²) in [7, 11) is -3.72. The second-order valence-corrected chi connectivity index (χ2v) is 8.11. The number of aromatic nitrogens is 1. The lowest BCUT2D eigenvalue weighted by atomic mass is 10.3. The van der Waals surface area contributed by atoms with Crippen molar-refractivity contribution in [1.82, 2.24) is 19.5 Å². The number of aromatic amines is 1. The third-order valence-electron chi connectivity index (χ3n) is 3.97. The lowest BCUT2D eigenvalue weighted by Gasteiger charge is -2.34. The van der Waals surface area contributed by atoms with Gasteiger partial charge in [-0.3, -0.25) is 4.98 Å². The summed E-state index contributed by atoms with van der Waals surface area (Å²) in [5.74, 6) is -0.630. The molecule has 0 aliphatic carbocycles. The van der Waals surface area contributed by atoms with Gasteiger partial charge in [0.2, 0.25) is 10.0 Å². The van der Waals surface area contributed by atoms with Gasteiger partial charge in [0.15, 0.2) is 5.58 Å². The maximum atomic E-state index is 12.8. The average molecular weight is 368 g/mol. The fraction of sp³-hybridized carbons (Fsp3) is 0.467. The van der Waals surface area contributed by atoms with Crippen molar-refractivity contribution >= 4 is 27.2 Å². The molecule has 10 heteroatoms. The van der Waals surface area contributed by atoms with Crippen molar-refractivity contribution in [3.63, 3.8) is 0 Å². The molecule has 2 N–H and O–H groups in total. The number of benzene rings is 1. The Hall–Kier alpha value is -2.33. The van der Waals surface area contributed by atoms with Crippen LogP contribution in [0.15, 0.2) is 32.3 Å². The minimum atomic E-state index is -3.72. The van der Waals surface area contributed by atoms with Gasteiger partial charge < -0.3 is 14.6 Å². The van der Waals surface area contributed by atoms with Gasteiger partial charge >= 0.3 is 11.8 Å². The number of sulfonamides is 1. The van der Waals surface area contributed by atoms with Gasteiger partial charge in [-0.2, -0.15) is 4.31 Å². The molecule has 1 aliphatic heterocycles. The molecule has 1 aliphatic rings. The lowest BCUT2D eigenvalue weighted by molar-refractivity contribution is 0.170. The Balaban J connectivity index is 1.74. The summed E-state index contributed by atoms with van der Waals surface area (Å²) >= 11 is 0. The number of H-pyrrole nitrogens is 1. The number of piperazine rings is 1. The number of hydrogen-bond donors (Lipinski definition) is 2. The molecule has 1 fully saturated rings. The van der Waals surface area contributed by atoms with Gasteiger partial charge in [0, 0.05) is 38.3 Å². The number of carbonyl (C=O) groups is 1. The van der Waals surface area contributed by atoms with Gasteiger partial charge in [0.25, 0.3) is 0 Å². The number of oxazole rings is 1. The van der Waals surface area contributed by atoms with Crippen LogP contribution in [0.3, 0.4) is 0 Å². The molecule has 0 spiro atoms. The van der Waals surface area contributed by atoms with Crippen LogP contribution in [0.2, 0.25) is 0 Å². The first-order valence-corrected chi connectivity index (χ1v) is 9.40. The molecule has 3 rings (SSSR count). The molecular formula is C15H20N4O5S. The number of hydrogen-bond acceptors (Lipinski definition) is 5. The second-order valence-electron chi connectivity index (χ2n) is 6.17. The predicted octanol–water partition coefficient (Wildman–Crippen LogP) is 0.545. The highest BCUT2D eigenvalue weighted by molar-refractivity contribution is 7.89. The van der Waals surface area contributed by atoms with Gasteiger partial charge in [-0.1, -0.05) is 0 Å². The largest absolute Gasteiger partial charge is 0.417 e. The molecule has 136 valence electrons. The zero-order chi connectivity index (χ0) is 18.2. The maximum absolute atomic E-state index is 12.8. The Bertz CT molecular complexity index is 938. The van der Waals surface area contributed by atoms with Crippen LogP contribution in [0.1, 0.15) is 13.8 Å². The number of nitrogens with one attached hydrogen (secondary N) is 2. The second kappa shape index (κ2) is 6.52. The molecule has 0 bridgehead atoms. The quantitative estimate of drug-likeness (QED) is 0.821. The fourth-order valence-corrected chi connectivity index (χ4v) is 4.14. The van der Waals surface area contributed by atoms with Crippen molar-refractivity contribution in [2.75, 3.05) is 26.2 Å². The van der Waals surface area contributed by atoms with E-state index >= 15 is 0 Å². The Morgan fingerprint density at radius 3 is 2.56 bits per heavy atom. The first-order chi connectivity index (χ1) is 11.8. The van der Waals surface area contributed by atoms with E-state index in [0.717, 1.165) is 0 Å². The molecule has 25 heavy (non-hydrogen) atoms. The summed E-state index contributed by atoms with van der Waals surface area (Å²) < 4.78 is 31.8. The van der Waals surface area contributed by atoms with Crippen molar-refractivity contribution in [3.05, 3.63) is 28.7 Å². The van der Waals surface area contributed by atoms with Crippen LogP contribution in [0, 0.1) is 0 Å². The van der Waals surface area contributed by atoms with Gasteiger partial charge in [0.1, 0.15) is 0 Å². The highest BCUT2D eigenvalue weighted by atomic mass is 32.2. The number of fused-ring (bicyclic) bond motifs is 1. The van der Waals surface area contributed by atoms with Crippen LogP contribution in [0.25, 0.3) is 11.1 Å². The van der Waals surface area contributed by atoms with Gasteiger partial charge in [-0.15, -0.1) is 0 Å². The smallest absolute Gasteiger partial charge is 0.408 e. The molecule has 2 aromatic rings. The van der Waals surface area contributed by atoms with E-state index in [0.29, 0.717) is 18.6 Å². The number of rotatable bonds is 3. The Labute approximate surface area is 144 Å². The van der Waals surface area contributed by atoms with Gasteiger partial charge in [0.05, 0.1) is 10.4 Å². The zero-order valence-electron chi connectivity index (χ0n) is 14.0. The number of urea groups is 1. The van der Waals surface area contributed by atoms with Crippen molar-refractivity contribution in [3.8, 4) is 0 Å². The molecule has 9 nitrogen and oxygen atoms in total. The molecule has 0 radical (unpaired) electrons. The Morgan fingerprint density at radius 1 is 1.24 bits per heavy atom. The van der Waals surface area contributed by atoms with Crippen LogP contribution in [0.4, 0.5) is 4.79 Å². The molecule has 1 saturated heterocycles. The van der Waals surface area contributed by atoms with Crippen LogP contribution < -0.4 is 11.1 Å². The predicted molar refractivity (Wildman–Crippen MR) is 90.8 cm³/mol. The number of amides is 2. The standard InChI is InChI=1S/C15H20N4O5S/c1-10(2)16-14(20)18-5-7-19(8-6-18)25(22,23)11-3-4-12-13(9-11)24-15(21)17-12/h3-4,9-10H,5-8H2,1-2H3,(H,16,20)(H,17,21). The van der Waals surface area contributed by atoms with Crippen LogP contribution >= 0.6 is 0 Å². The maximum Gasteiger partial charge on any atom is 0.417 e. The molecular weight excluding hydrogens is 348 g/mol. The van der Waals surface area contributed by atoms with Crippen LogP contribution in [-0.2, 0) is 10.0 Å². The summed E-state index contributed by atoms with van der Waals surface area (Å²) in [6.45, 7) is 4.80. The normalized spacial score (nSPS) is 16.5. The zero-order valence-corrected chi connectivity index (χ0v) is 14.8. The van der Waals surface area contributed by atoms with Gasteiger partial charge in [-0.25, -0.2) is 18.0 Å². The molecule has 0 saturated carbocycles. The number of carbonyl (C=O) groups excluding carboxylic acids is 1. The highest BCUT2D eigenvalue weighted by Crippen LogP contribution is 2.21. The van der Waals surface area contributed by atoms with Crippen LogP contribution in [0.5, 0.6) is 0 Å². The lowest BCUT2D eigenvalue weighted by Crippen LogP contribution is -2.53. The van der Waals surface area contributed by atoms with E-state index in [1.807, 2.05) is 13.8 Å². The first-order valence-electron chi connectivity index (χ1n) is 7.96. The SMILES string of the molecule is CC(C)NC(=O)N1CCN(S(=O)(=O)c2ccc3[nH]c(=O)oc3c2)CC1. The average Bonchev–Trinajstić information content (AvgIpc) is 2.93. The van der Waals surface area contributed by atoms with E-state index in [1.54, 1.807) is 4.90 Å². The van der Waals surface area contributed by atoms with E-state index in [4.69, 9.17) is 4.42 Å². The van der Waals surface area contributed by atoms with E-state index in [1.165, 1.54) is 22.5 Å². The summed E-state index contributed by atoms with van der Waals surface area (Å²) in [4.78, 5) is 27.3. The molecule has 1 aromatic heterocycles. The third kappa shape index (κ3) is 3.54. The third-order valence-corrected chi connectivity index (χ3v) is 5.86. The van der Waals surface area contributed by atoms with E-state index in [2.05, 4.69) is 10.3 Å². The van der Waals surface area contributed by atoms with E-state index in [-0.39, 0.29) is 35.6 Å². The highest BCUT2D eigenvalue weighted by Gasteiger charge is 2.30. The molecule has 2 amide bonds. The fourth-order valence-electron chi connectivity index (χ4n) is 2.71. The van der Waals surface area contributed by atoms with Crippen molar-refractivity contribution in [1.29, 1.82) is 0 Å². The molecule has 0 atom stereocenters. The monoisotopic (exact) mass is 368 g/mol. The van der Waals surface area contributed by atoms with E-state index < -0.39 is 15.8 Å². The summed E-state index contributed by atoms with van der Waals surface area (Å²) in [6.07, 6.45) is 0. The molecule has 0 unspecified atom stereocenters. The van der Waals surface area contributed by atoms with Crippen molar-refractivity contribution in [2.24, 2.45) is 0 Å². The summed E-state index contributed by atoms with van der Waals surface area (Å²) in [5.41, 5.74) is 0.639. The van der Waals surface area contributed by atoms with Gasteiger partial charge in [-0.05, 0) is 26.0 Å². The van der Waals surface area contributed by atoms with Crippen molar-refractivity contribution < 1.29 is 17.6 Å². The molecule has 1 aromatic carbocycles. The van der Waals surface area contributed by atoms with Crippen LogP contribution in [-0.4, -0.2) is 60.9 Å². The minimum absolute atomic E-state index is 0.0250. The van der Waals surface area contributed by atoms with Crippen molar-refractivity contribution in [2.45, 2.75) is 24.8 Å². The Kier molecular flexibility index (Phi) is 4.56. The minimum Gasteiger partial charge on any atom is -0.408 e.